The minimum atomic E-state index is 0.0437. The first-order valence-electron chi connectivity index (χ1n) is 8.91. The van der Waals surface area contributed by atoms with Crippen LogP contribution in [0.25, 0.3) is 11.5 Å². The summed E-state index contributed by atoms with van der Waals surface area (Å²) in [6.07, 6.45) is 0. The van der Waals surface area contributed by atoms with Gasteiger partial charge in [0.2, 0.25) is 11.8 Å². The monoisotopic (exact) mass is 358 g/mol. The summed E-state index contributed by atoms with van der Waals surface area (Å²) >= 11 is 0. The van der Waals surface area contributed by atoms with Crippen LogP contribution in [0.3, 0.4) is 0 Å². The molecule has 140 valence electrons. The minimum absolute atomic E-state index is 0.0437. The van der Waals surface area contributed by atoms with E-state index in [0.29, 0.717) is 29.3 Å². The predicted octanol–water partition coefficient (Wildman–Crippen LogP) is 2.30. The van der Waals surface area contributed by atoms with Gasteiger partial charge in [0.1, 0.15) is 6.61 Å². The van der Waals surface area contributed by atoms with E-state index in [9.17, 15) is 4.79 Å². The number of carbonyl (C=O) groups is 1. The van der Waals surface area contributed by atoms with Gasteiger partial charge in [0.25, 0.3) is 5.91 Å². The summed E-state index contributed by atoms with van der Waals surface area (Å²) in [7, 11) is 3.70. The molecule has 0 radical (unpaired) electrons. The van der Waals surface area contributed by atoms with Crippen LogP contribution in [0, 0.1) is 5.92 Å². The van der Waals surface area contributed by atoms with E-state index in [1.165, 1.54) is 0 Å². The zero-order valence-corrected chi connectivity index (χ0v) is 15.8. The number of aromatic nitrogens is 2. The summed E-state index contributed by atoms with van der Waals surface area (Å²) in [5.41, 5.74) is 1.38. The summed E-state index contributed by atoms with van der Waals surface area (Å²) in [5, 5.41) is 7.98. The summed E-state index contributed by atoms with van der Waals surface area (Å²) < 4.78 is 10.6. The van der Waals surface area contributed by atoms with Crippen molar-refractivity contribution in [2.45, 2.75) is 26.5 Å². The normalized spacial score (nSPS) is 18.5. The summed E-state index contributed by atoms with van der Waals surface area (Å²) in [4.78, 5) is 17.3. The third kappa shape index (κ3) is 3.94. The molecule has 0 bridgehead atoms. The molecule has 1 amide bonds. The van der Waals surface area contributed by atoms with E-state index in [1.54, 1.807) is 7.11 Å². The summed E-state index contributed by atoms with van der Waals surface area (Å²) in [6.45, 7) is 7.03. The molecule has 3 rings (SSSR count). The first-order chi connectivity index (χ1) is 12.5. The van der Waals surface area contributed by atoms with Crippen molar-refractivity contribution in [3.63, 3.8) is 0 Å². The Hall–Kier alpha value is -2.25. The summed E-state index contributed by atoms with van der Waals surface area (Å²) in [6, 6.07) is 7.74. The standard InChI is InChI=1S/C19H26N4O3/c1-13(2)16-11-23(9-8-22(16)3)19(24)15-7-5-6-14(10-15)18-21-20-17(26-18)12-25-4/h5-7,10,13,16H,8-9,11-12H2,1-4H3. The number of carbonyl (C=O) groups excluding carboxylic acids is 1. The molecule has 1 aliphatic heterocycles. The molecule has 1 aromatic heterocycles. The quantitative estimate of drug-likeness (QED) is 0.817. The van der Waals surface area contributed by atoms with Gasteiger partial charge >= 0.3 is 0 Å². The van der Waals surface area contributed by atoms with Crippen LogP contribution in [0.2, 0.25) is 0 Å². The number of hydrogen-bond donors (Lipinski definition) is 0. The van der Waals surface area contributed by atoms with Crippen molar-refractivity contribution in [3.05, 3.63) is 35.7 Å². The number of benzene rings is 1. The number of rotatable bonds is 5. The second-order valence-corrected chi connectivity index (χ2v) is 7.06. The van der Waals surface area contributed by atoms with E-state index in [2.05, 4.69) is 36.0 Å². The Kier molecular flexibility index (Phi) is 5.68. The van der Waals surface area contributed by atoms with Gasteiger partial charge in [0.15, 0.2) is 0 Å². The average Bonchev–Trinajstić information content (AvgIpc) is 3.10. The van der Waals surface area contributed by atoms with Crippen molar-refractivity contribution in [2.75, 3.05) is 33.8 Å². The fourth-order valence-corrected chi connectivity index (χ4v) is 3.32. The topological polar surface area (TPSA) is 71.7 Å². The number of nitrogens with zero attached hydrogens (tertiary/aromatic N) is 4. The Morgan fingerprint density at radius 1 is 1.35 bits per heavy atom. The van der Waals surface area contributed by atoms with Crippen LogP contribution < -0.4 is 0 Å². The van der Waals surface area contributed by atoms with Gasteiger partial charge in [-0.25, -0.2) is 0 Å². The van der Waals surface area contributed by atoms with Crippen molar-refractivity contribution in [1.29, 1.82) is 0 Å². The third-order valence-electron chi connectivity index (χ3n) is 4.84. The Bertz CT molecular complexity index is 759. The zero-order valence-electron chi connectivity index (χ0n) is 15.8. The molecule has 0 N–H and O–H groups in total. The highest BCUT2D eigenvalue weighted by Crippen LogP contribution is 2.22. The van der Waals surface area contributed by atoms with Gasteiger partial charge in [-0.2, -0.15) is 0 Å². The largest absolute Gasteiger partial charge is 0.418 e. The molecular formula is C19H26N4O3. The maximum atomic E-state index is 13.0. The van der Waals surface area contributed by atoms with E-state index >= 15 is 0 Å². The highest BCUT2D eigenvalue weighted by molar-refractivity contribution is 5.95. The van der Waals surface area contributed by atoms with E-state index in [-0.39, 0.29) is 12.5 Å². The number of methoxy groups -OCH3 is 1. The van der Waals surface area contributed by atoms with Crippen LogP contribution in [-0.4, -0.2) is 65.7 Å². The van der Waals surface area contributed by atoms with Crippen LogP contribution in [0.5, 0.6) is 0 Å². The Balaban J connectivity index is 1.77. The van der Waals surface area contributed by atoms with Crippen molar-refractivity contribution in [1.82, 2.24) is 20.0 Å². The highest BCUT2D eigenvalue weighted by Gasteiger charge is 2.29. The van der Waals surface area contributed by atoms with Gasteiger partial charge in [-0.3, -0.25) is 9.69 Å². The molecule has 1 atom stereocenters. The lowest BCUT2D eigenvalue weighted by Gasteiger charge is -2.41. The zero-order chi connectivity index (χ0) is 18.7. The second-order valence-electron chi connectivity index (χ2n) is 7.06. The van der Waals surface area contributed by atoms with E-state index in [1.807, 2.05) is 29.2 Å². The first-order valence-corrected chi connectivity index (χ1v) is 8.91. The molecule has 0 spiro atoms. The van der Waals surface area contributed by atoms with E-state index in [0.717, 1.165) is 25.2 Å². The van der Waals surface area contributed by atoms with Crippen molar-refractivity contribution >= 4 is 5.91 Å². The molecular weight excluding hydrogens is 332 g/mol. The van der Waals surface area contributed by atoms with Crippen LogP contribution in [0.1, 0.15) is 30.1 Å². The van der Waals surface area contributed by atoms with Gasteiger partial charge in [0, 0.05) is 43.9 Å². The Morgan fingerprint density at radius 2 is 2.15 bits per heavy atom. The van der Waals surface area contributed by atoms with Gasteiger partial charge in [-0.05, 0) is 31.2 Å². The van der Waals surface area contributed by atoms with Crippen molar-refractivity contribution in [2.24, 2.45) is 5.92 Å². The van der Waals surface area contributed by atoms with Crippen LogP contribution >= 0.6 is 0 Å². The van der Waals surface area contributed by atoms with Gasteiger partial charge in [-0.15, -0.1) is 10.2 Å². The number of ether oxygens (including phenoxy) is 1. The first kappa shape index (κ1) is 18.5. The van der Waals surface area contributed by atoms with Crippen LogP contribution in [0.15, 0.2) is 28.7 Å². The summed E-state index contributed by atoms with van der Waals surface area (Å²) in [5.74, 6) is 1.35. The average molecular weight is 358 g/mol. The molecule has 1 aliphatic rings. The molecule has 1 fully saturated rings. The lowest BCUT2D eigenvalue weighted by molar-refractivity contribution is 0.0465. The third-order valence-corrected chi connectivity index (χ3v) is 4.84. The molecule has 2 heterocycles. The lowest BCUT2D eigenvalue weighted by Crippen LogP contribution is -2.55. The SMILES string of the molecule is COCc1nnc(-c2cccc(C(=O)N3CCN(C)C(C(C)C)C3)c2)o1. The Morgan fingerprint density at radius 3 is 2.88 bits per heavy atom. The molecule has 26 heavy (non-hydrogen) atoms. The maximum Gasteiger partial charge on any atom is 0.253 e. The number of amides is 1. The molecule has 1 aromatic carbocycles. The van der Waals surface area contributed by atoms with Gasteiger partial charge < -0.3 is 14.1 Å². The molecule has 1 unspecified atom stereocenters. The lowest BCUT2D eigenvalue weighted by atomic mass is 9.99. The van der Waals surface area contributed by atoms with Crippen LogP contribution in [0.4, 0.5) is 0 Å². The number of hydrogen-bond acceptors (Lipinski definition) is 6. The molecule has 2 aromatic rings. The minimum Gasteiger partial charge on any atom is -0.418 e. The molecule has 7 heteroatoms. The molecule has 0 aliphatic carbocycles. The molecule has 0 saturated carbocycles. The Labute approximate surface area is 153 Å². The van der Waals surface area contributed by atoms with E-state index < -0.39 is 0 Å². The van der Waals surface area contributed by atoms with Gasteiger partial charge in [0.05, 0.1) is 0 Å². The second kappa shape index (κ2) is 7.97. The van der Waals surface area contributed by atoms with E-state index in [4.69, 9.17) is 9.15 Å². The molecule has 1 saturated heterocycles. The smallest absolute Gasteiger partial charge is 0.253 e. The number of likely N-dealkylation sites (N-methyl/N-ethyl adjacent to an activating group) is 1. The highest BCUT2D eigenvalue weighted by atomic mass is 16.5. The molecule has 7 nitrogen and oxygen atoms in total. The maximum absolute atomic E-state index is 13.0. The van der Waals surface area contributed by atoms with Gasteiger partial charge in [-0.1, -0.05) is 19.9 Å². The predicted molar refractivity (Wildman–Crippen MR) is 97.6 cm³/mol. The number of piperazine rings is 1. The fraction of sp³-hybridized carbons (Fsp3) is 0.526. The van der Waals surface area contributed by atoms with Crippen molar-refractivity contribution < 1.29 is 13.9 Å². The van der Waals surface area contributed by atoms with Crippen LogP contribution in [-0.2, 0) is 11.3 Å². The van der Waals surface area contributed by atoms with Crippen molar-refractivity contribution in [3.8, 4) is 11.5 Å². The fourth-order valence-electron chi connectivity index (χ4n) is 3.32.